The third-order valence-corrected chi connectivity index (χ3v) is 4.17. The summed E-state index contributed by atoms with van der Waals surface area (Å²) >= 11 is 0. The number of amides is 1. The number of aliphatic carboxylic acids is 1. The fourth-order valence-corrected chi connectivity index (χ4v) is 3.01. The lowest BCUT2D eigenvalue weighted by Crippen LogP contribution is -2.34. The van der Waals surface area contributed by atoms with Crippen LogP contribution in [-0.4, -0.2) is 48.1 Å². The van der Waals surface area contributed by atoms with E-state index < -0.39 is 11.9 Å². The molecule has 0 aromatic heterocycles. The summed E-state index contributed by atoms with van der Waals surface area (Å²) in [4.78, 5) is 36.2. The van der Waals surface area contributed by atoms with Crippen molar-refractivity contribution in [1.82, 2.24) is 4.90 Å². The second-order valence-electron chi connectivity index (χ2n) is 5.34. The first-order chi connectivity index (χ1) is 9.02. The highest BCUT2D eigenvalue weighted by Gasteiger charge is 2.39. The van der Waals surface area contributed by atoms with Crippen molar-refractivity contribution in [3.05, 3.63) is 0 Å². The Hall–Kier alpha value is -1.59. The van der Waals surface area contributed by atoms with Crippen molar-refractivity contribution in [1.29, 1.82) is 0 Å². The number of carboxylic acids is 1. The lowest BCUT2D eigenvalue weighted by Gasteiger charge is -2.20. The van der Waals surface area contributed by atoms with E-state index in [1.165, 1.54) is 7.11 Å². The zero-order valence-corrected chi connectivity index (χ0v) is 11.0. The third kappa shape index (κ3) is 2.88. The van der Waals surface area contributed by atoms with Crippen molar-refractivity contribution in [2.75, 3.05) is 20.2 Å². The van der Waals surface area contributed by atoms with Crippen molar-refractivity contribution >= 4 is 17.8 Å². The maximum absolute atomic E-state index is 12.3. The van der Waals surface area contributed by atoms with Crippen LogP contribution >= 0.6 is 0 Å². The van der Waals surface area contributed by atoms with Crippen LogP contribution in [0.2, 0.25) is 0 Å². The third-order valence-electron chi connectivity index (χ3n) is 4.17. The predicted molar refractivity (Wildman–Crippen MR) is 65.2 cm³/mol. The quantitative estimate of drug-likeness (QED) is 0.755. The van der Waals surface area contributed by atoms with E-state index in [1.807, 2.05) is 0 Å². The van der Waals surface area contributed by atoms with Crippen LogP contribution in [0.5, 0.6) is 0 Å². The number of methoxy groups -OCH3 is 1. The number of carbonyl (C=O) groups excluding carboxylic acids is 2. The normalized spacial score (nSPS) is 30.4. The van der Waals surface area contributed by atoms with Gasteiger partial charge >= 0.3 is 11.9 Å². The molecule has 1 heterocycles. The summed E-state index contributed by atoms with van der Waals surface area (Å²) < 4.78 is 4.68. The maximum Gasteiger partial charge on any atom is 0.310 e. The van der Waals surface area contributed by atoms with Gasteiger partial charge in [0, 0.05) is 19.0 Å². The number of esters is 1. The first kappa shape index (κ1) is 13.8. The molecule has 3 atom stereocenters. The molecule has 2 aliphatic rings. The van der Waals surface area contributed by atoms with E-state index >= 15 is 0 Å². The van der Waals surface area contributed by atoms with Gasteiger partial charge < -0.3 is 14.7 Å². The van der Waals surface area contributed by atoms with Gasteiger partial charge in [-0.05, 0) is 25.7 Å². The number of rotatable bonds is 3. The number of nitrogens with zero attached hydrogens (tertiary/aromatic N) is 1. The van der Waals surface area contributed by atoms with Crippen molar-refractivity contribution in [3.63, 3.8) is 0 Å². The van der Waals surface area contributed by atoms with Crippen molar-refractivity contribution in [2.45, 2.75) is 25.7 Å². The number of hydrogen-bond acceptors (Lipinski definition) is 4. The van der Waals surface area contributed by atoms with Crippen LogP contribution in [-0.2, 0) is 19.1 Å². The Bertz CT molecular complexity index is 394. The smallest absolute Gasteiger partial charge is 0.310 e. The van der Waals surface area contributed by atoms with E-state index in [0.717, 1.165) is 0 Å². The Morgan fingerprint density at radius 1 is 1.11 bits per heavy atom. The van der Waals surface area contributed by atoms with Crippen LogP contribution in [0.3, 0.4) is 0 Å². The van der Waals surface area contributed by atoms with Gasteiger partial charge in [0.25, 0.3) is 0 Å². The zero-order chi connectivity index (χ0) is 14.0. The molecular formula is C13H19NO5. The molecule has 1 N–H and O–H groups in total. The van der Waals surface area contributed by atoms with E-state index in [1.54, 1.807) is 4.90 Å². The van der Waals surface area contributed by atoms with E-state index in [9.17, 15) is 14.4 Å². The monoisotopic (exact) mass is 269 g/mol. The molecule has 3 unspecified atom stereocenters. The standard InChI is InChI=1S/C13H19NO5/c1-19-13(18)10-4-5-14(7-10)11(15)8-2-3-9(6-8)12(16)17/h8-10H,2-7H2,1H3,(H,16,17). The molecule has 0 spiro atoms. The van der Waals surface area contributed by atoms with Crippen LogP contribution in [0.1, 0.15) is 25.7 Å². The first-order valence-electron chi connectivity index (χ1n) is 6.62. The summed E-state index contributed by atoms with van der Waals surface area (Å²) in [5, 5.41) is 8.94. The topological polar surface area (TPSA) is 83.9 Å². The van der Waals surface area contributed by atoms with Crippen molar-refractivity contribution < 1.29 is 24.2 Å². The molecule has 0 aromatic carbocycles. The maximum atomic E-state index is 12.3. The van der Waals surface area contributed by atoms with Gasteiger partial charge in [0.05, 0.1) is 18.9 Å². The highest BCUT2D eigenvalue weighted by atomic mass is 16.5. The van der Waals surface area contributed by atoms with Crippen LogP contribution in [0.25, 0.3) is 0 Å². The number of carbonyl (C=O) groups is 3. The average molecular weight is 269 g/mol. The molecule has 6 nitrogen and oxygen atoms in total. The van der Waals surface area contributed by atoms with Gasteiger partial charge in [0.2, 0.25) is 5.91 Å². The SMILES string of the molecule is COC(=O)C1CCN(C(=O)C2CCC(C(=O)O)C2)C1. The van der Waals surface area contributed by atoms with E-state index in [2.05, 4.69) is 4.74 Å². The van der Waals surface area contributed by atoms with Gasteiger partial charge in [-0.3, -0.25) is 14.4 Å². The van der Waals surface area contributed by atoms with Gasteiger partial charge in [-0.15, -0.1) is 0 Å². The zero-order valence-electron chi connectivity index (χ0n) is 11.0. The van der Waals surface area contributed by atoms with Crippen LogP contribution in [0, 0.1) is 17.8 Å². The number of carboxylic acid groups (broad SMARTS) is 1. The molecule has 106 valence electrons. The Labute approximate surface area is 111 Å². The van der Waals surface area contributed by atoms with Gasteiger partial charge in [-0.1, -0.05) is 0 Å². The summed E-state index contributed by atoms with van der Waals surface area (Å²) in [5.74, 6) is -1.92. The summed E-state index contributed by atoms with van der Waals surface area (Å²) in [6.45, 7) is 0.965. The van der Waals surface area contributed by atoms with Crippen LogP contribution in [0.15, 0.2) is 0 Å². The van der Waals surface area contributed by atoms with Crippen molar-refractivity contribution in [3.8, 4) is 0 Å². The van der Waals surface area contributed by atoms with Gasteiger partial charge in [0.15, 0.2) is 0 Å². The fourth-order valence-electron chi connectivity index (χ4n) is 3.01. The molecule has 6 heteroatoms. The van der Waals surface area contributed by atoms with E-state index in [-0.39, 0.29) is 23.7 Å². The molecule has 0 bridgehead atoms. The first-order valence-corrected chi connectivity index (χ1v) is 6.62. The Morgan fingerprint density at radius 3 is 2.37 bits per heavy atom. The molecule has 2 rings (SSSR count). The minimum Gasteiger partial charge on any atom is -0.481 e. The minimum atomic E-state index is -0.816. The van der Waals surface area contributed by atoms with Crippen LogP contribution < -0.4 is 0 Å². The molecule has 1 saturated carbocycles. The minimum absolute atomic E-state index is 0.00449. The molecule has 1 saturated heterocycles. The molecule has 0 radical (unpaired) electrons. The summed E-state index contributed by atoms with van der Waals surface area (Å²) in [7, 11) is 1.35. The van der Waals surface area contributed by atoms with Gasteiger partial charge in [0.1, 0.15) is 0 Å². The second kappa shape index (κ2) is 5.59. The summed E-state index contributed by atoms with van der Waals surface area (Å²) in [5.41, 5.74) is 0. The van der Waals surface area contributed by atoms with Crippen molar-refractivity contribution in [2.24, 2.45) is 17.8 Å². The molecule has 1 amide bonds. The molecule has 0 aromatic rings. The fraction of sp³-hybridized carbons (Fsp3) is 0.769. The lowest BCUT2D eigenvalue weighted by molar-refractivity contribution is -0.145. The molecular weight excluding hydrogens is 250 g/mol. The highest BCUT2D eigenvalue weighted by Crippen LogP contribution is 2.33. The van der Waals surface area contributed by atoms with Gasteiger partial charge in [-0.2, -0.15) is 0 Å². The second-order valence-corrected chi connectivity index (χ2v) is 5.34. The summed E-state index contributed by atoms with van der Waals surface area (Å²) in [6.07, 6.45) is 2.26. The lowest BCUT2D eigenvalue weighted by atomic mass is 10.0. The Balaban J connectivity index is 1.88. The summed E-state index contributed by atoms with van der Waals surface area (Å²) in [6, 6.07) is 0. The van der Waals surface area contributed by atoms with E-state index in [4.69, 9.17) is 5.11 Å². The van der Waals surface area contributed by atoms with Crippen LogP contribution in [0.4, 0.5) is 0 Å². The predicted octanol–water partition coefficient (Wildman–Crippen LogP) is 0.509. The average Bonchev–Trinajstić information content (AvgIpc) is 3.05. The highest BCUT2D eigenvalue weighted by molar-refractivity contribution is 5.82. The largest absolute Gasteiger partial charge is 0.481 e. The van der Waals surface area contributed by atoms with E-state index in [0.29, 0.717) is 38.8 Å². The number of likely N-dealkylation sites (tertiary alicyclic amines) is 1. The van der Waals surface area contributed by atoms with Gasteiger partial charge in [-0.25, -0.2) is 0 Å². The Morgan fingerprint density at radius 2 is 1.79 bits per heavy atom. The Kier molecular flexibility index (Phi) is 4.07. The number of hydrogen-bond donors (Lipinski definition) is 1. The molecule has 2 fully saturated rings. The molecule has 1 aliphatic heterocycles. The molecule has 19 heavy (non-hydrogen) atoms. The number of ether oxygens (including phenoxy) is 1. The molecule has 1 aliphatic carbocycles.